The van der Waals surface area contributed by atoms with Gasteiger partial charge in [-0.1, -0.05) is 0 Å². The van der Waals surface area contributed by atoms with E-state index in [1.165, 1.54) is 5.69 Å². The van der Waals surface area contributed by atoms with E-state index < -0.39 is 0 Å². The number of anilines is 1. The highest BCUT2D eigenvalue weighted by atomic mass is 16.5. The molecule has 29 heavy (non-hydrogen) atoms. The molecule has 1 N–H and O–H groups in total. The van der Waals surface area contributed by atoms with Crippen LogP contribution < -0.4 is 10.2 Å². The molecular formula is C22H30N4O3. The lowest BCUT2D eigenvalue weighted by Gasteiger charge is -2.57. The first kappa shape index (κ1) is 18.9. The summed E-state index contributed by atoms with van der Waals surface area (Å²) in [5.74, 6) is 1.11. The summed E-state index contributed by atoms with van der Waals surface area (Å²) in [5, 5.41) is 3.12. The number of nitrogens with zero attached hydrogens (tertiary/aromatic N) is 3. The molecule has 2 amide bonds. The van der Waals surface area contributed by atoms with E-state index in [1.54, 1.807) is 0 Å². The molecule has 0 unspecified atom stereocenters. The van der Waals surface area contributed by atoms with Crippen molar-refractivity contribution in [2.24, 2.45) is 11.8 Å². The first-order valence-electron chi connectivity index (χ1n) is 11.1. The number of amides is 2. The van der Waals surface area contributed by atoms with E-state index in [9.17, 15) is 9.59 Å². The second-order valence-corrected chi connectivity index (χ2v) is 8.94. The topological polar surface area (TPSA) is 74.8 Å². The van der Waals surface area contributed by atoms with Gasteiger partial charge in [0.2, 0.25) is 11.8 Å². The lowest BCUT2D eigenvalue weighted by atomic mass is 9.72. The van der Waals surface area contributed by atoms with Crippen molar-refractivity contribution in [3.05, 3.63) is 24.5 Å². The summed E-state index contributed by atoms with van der Waals surface area (Å²) in [6.45, 7) is 3.10. The Labute approximate surface area is 171 Å². The number of rotatable bonds is 4. The average Bonchev–Trinajstić information content (AvgIpc) is 3.29. The van der Waals surface area contributed by atoms with Crippen molar-refractivity contribution in [2.45, 2.75) is 56.7 Å². The van der Waals surface area contributed by atoms with Crippen LogP contribution in [0, 0.1) is 11.8 Å². The summed E-state index contributed by atoms with van der Waals surface area (Å²) in [7, 11) is 0. The van der Waals surface area contributed by atoms with Crippen LogP contribution >= 0.6 is 0 Å². The van der Waals surface area contributed by atoms with Gasteiger partial charge in [0.05, 0.1) is 6.04 Å². The van der Waals surface area contributed by atoms with Gasteiger partial charge in [-0.25, -0.2) is 0 Å². The summed E-state index contributed by atoms with van der Waals surface area (Å²) in [6, 6.07) is 4.50. The lowest BCUT2D eigenvalue weighted by Crippen LogP contribution is -2.67. The largest absolute Gasteiger partial charge is 0.371 e. The summed E-state index contributed by atoms with van der Waals surface area (Å²) in [5.41, 5.74) is 1.20. The molecule has 4 aliphatic rings. The normalized spacial score (nSPS) is 34.1. The highest BCUT2D eigenvalue weighted by Gasteiger charge is 2.49. The molecule has 0 saturated carbocycles. The minimum atomic E-state index is -0.320. The Morgan fingerprint density at radius 1 is 1.17 bits per heavy atom. The Bertz CT molecular complexity index is 752. The quantitative estimate of drug-likeness (QED) is 0.834. The molecule has 156 valence electrons. The third-order valence-electron chi connectivity index (χ3n) is 7.23. The van der Waals surface area contributed by atoms with Crippen LogP contribution in [0.3, 0.4) is 0 Å². The lowest BCUT2D eigenvalue weighted by molar-refractivity contribution is -0.149. The van der Waals surface area contributed by atoms with Gasteiger partial charge in [-0.2, -0.15) is 0 Å². The number of carbonyl (C=O) groups excluding carboxylic acids is 2. The van der Waals surface area contributed by atoms with E-state index in [2.05, 4.69) is 32.2 Å². The number of nitrogens with one attached hydrogen (secondary N) is 1. The number of hydrogen-bond donors (Lipinski definition) is 1. The van der Waals surface area contributed by atoms with Gasteiger partial charge in [0.1, 0.15) is 6.10 Å². The smallest absolute Gasteiger partial charge is 0.249 e. The van der Waals surface area contributed by atoms with Crippen molar-refractivity contribution in [3.63, 3.8) is 0 Å². The predicted molar refractivity (Wildman–Crippen MR) is 108 cm³/mol. The van der Waals surface area contributed by atoms with E-state index in [4.69, 9.17) is 4.74 Å². The molecule has 4 fully saturated rings. The number of hydrogen-bond acceptors (Lipinski definition) is 5. The van der Waals surface area contributed by atoms with Gasteiger partial charge in [0.25, 0.3) is 0 Å². The monoisotopic (exact) mass is 398 g/mol. The zero-order valence-electron chi connectivity index (χ0n) is 16.8. The molecule has 0 radical (unpaired) electrons. The molecule has 5 atom stereocenters. The van der Waals surface area contributed by atoms with E-state index >= 15 is 0 Å². The Kier molecular flexibility index (Phi) is 5.16. The summed E-state index contributed by atoms with van der Waals surface area (Å²) in [6.07, 6.45) is 8.93. The van der Waals surface area contributed by atoms with Crippen molar-refractivity contribution in [1.29, 1.82) is 0 Å². The number of pyridine rings is 1. The number of aromatic nitrogens is 1. The summed E-state index contributed by atoms with van der Waals surface area (Å²) >= 11 is 0. The fourth-order valence-electron chi connectivity index (χ4n) is 5.91. The maximum Gasteiger partial charge on any atom is 0.249 e. The van der Waals surface area contributed by atoms with Crippen LogP contribution in [0.15, 0.2) is 24.5 Å². The van der Waals surface area contributed by atoms with Crippen molar-refractivity contribution < 1.29 is 14.3 Å². The average molecular weight is 399 g/mol. The minimum absolute atomic E-state index is 0.0209. The summed E-state index contributed by atoms with van der Waals surface area (Å²) < 4.78 is 5.53. The number of ether oxygens (including phenoxy) is 1. The standard InChI is InChI=1S/C22H30N4O3/c27-21-5-1-3-18-15-11-16(14-25(13-15)17-6-8-23-9-7-17)19(26(18)21)12-24-22(28)20-4-2-10-29-20/h6-9,15-16,18-20H,1-5,10-14H2,(H,24,28)/t15-,16+,18+,19+,20+/m1/s1. The van der Waals surface area contributed by atoms with E-state index in [0.29, 0.717) is 37.5 Å². The predicted octanol–water partition coefficient (Wildman–Crippen LogP) is 1.58. The Balaban J connectivity index is 1.35. The molecular weight excluding hydrogens is 368 g/mol. The van der Waals surface area contributed by atoms with Crippen molar-refractivity contribution in [3.8, 4) is 0 Å². The molecule has 0 aromatic carbocycles. The first-order chi connectivity index (χ1) is 14.2. The molecule has 1 aromatic heterocycles. The van der Waals surface area contributed by atoms with Crippen LogP contribution in [0.1, 0.15) is 38.5 Å². The molecule has 4 saturated heterocycles. The van der Waals surface area contributed by atoms with E-state index in [0.717, 1.165) is 45.2 Å². The molecule has 5 rings (SSSR count). The molecule has 7 heteroatoms. The number of fused-ring (bicyclic) bond motifs is 4. The van der Waals surface area contributed by atoms with Gasteiger partial charge in [-0.05, 0) is 56.1 Å². The maximum atomic E-state index is 12.9. The van der Waals surface area contributed by atoms with Gasteiger partial charge in [-0.15, -0.1) is 0 Å². The van der Waals surface area contributed by atoms with Crippen LogP contribution in [0.25, 0.3) is 0 Å². The third kappa shape index (κ3) is 3.61. The second kappa shape index (κ2) is 7.94. The molecule has 5 heterocycles. The highest BCUT2D eigenvalue weighted by molar-refractivity contribution is 5.81. The maximum absolute atomic E-state index is 12.9. The molecule has 7 nitrogen and oxygen atoms in total. The van der Waals surface area contributed by atoms with Crippen LogP contribution in [0.5, 0.6) is 0 Å². The highest BCUT2D eigenvalue weighted by Crippen LogP contribution is 2.42. The minimum Gasteiger partial charge on any atom is -0.371 e. The zero-order valence-corrected chi connectivity index (χ0v) is 16.8. The molecule has 4 aliphatic heterocycles. The van der Waals surface area contributed by atoms with Crippen LogP contribution in [-0.2, 0) is 14.3 Å². The first-order valence-corrected chi connectivity index (χ1v) is 11.1. The number of carbonyl (C=O) groups is 2. The van der Waals surface area contributed by atoms with Gasteiger partial charge >= 0.3 is 0 Å². The zero-order chi connectivity index (χ0) is 19.8. The van der Waals surface area contributed by atoms with Crippen LogP contribution in [0.2, 0.25) is 0 Å². The van der Waals surface area contributed by atoms with Gasteiger partial charge < -0.3 is 19.9 Å². The SMILES string of the molecule is O=C(NC[C@H]1[C@H]2C[C@H](CN(c3ccncc3)C2)[C@@H]2CCCC(=O)N21)[C@@H]1CCCO1. The Morgan fingerprint density at radius 3 is 2.79 bits per heavy atom. The number of piperidine rings is 3. The Hall–Kier alpha value is -2.15. The van der Waals surface area contributed by atoms with E-state index in [1.807, 2.05) is 12.4 Å². The second-order valence-electron chi connectivity index (χ2n) is 8.94. The van der Waals surface area contributed by atoms with Gasteiger partial charge in [0, 0.05) is 56.8 Å². The van der Waals surface area contributed by atoms with E-state index in [-0.39, 0.29) is 24.0 Å². The molecule has 2 bridgehead atoms. The van der Waals surface area contributed by atoms with Gasteiger partial charge in [0.15, 0.2) is 0 Å². The fourth-order valence-corrected chi connectivity index (χ4v) is 5.91. The Morgan fingerprint density at radius 2 is 2.00 bits per heavy atom. The third-order valence-corrected chi connectivity index (χ3v) is 7.23. The molecule has 0 aliphatic carbocycles. The summed E-state index contributed by atoms with van der Waals surface area (Å²) in [4.78, 5) is 34.2. The van der Waals surface area contributed by atoms with Crippen molar-refractivity contribution in [2.75, 3.05) is 31.1 Å². The van der Waals surface area contributed by atoms with Crippen molar-refractivity contribution in [1.82, 2.24) is 15.2 Å². The molecule has 0 spiro atoms. The van der Waals surface area contributed by atoms with Crippen LogP contribution in [0.4, 0.5) is 5.69 Å². The van der Waals surface area contributed by atoms with Gasteiger partial charge in [-0.3, -0.25) is 14.6 Å². The van der Waals surface area contributed by atoms with Crippen molar-refractivity contribution >= 4 is 17.5 Å². The fraction of sp³-hybridized carbons (Fsp3) is 0.682. The molecule has 1 aromatic rings. The van der Waals surface area contributed by atoms with Crippen LogP contribution in [-0.4, -0.2) is 66.1 Å².